The van der Waals surface area contributed by atoms with Crippen LogP contribution in [-0.2, 0) is 11.0 Å². The van der Waals surface area contributed by atoms with E-state index < -0.39 is 17.6 Å². The van der Waals surface area contributed by atoms with Crippen molar-refractivity contribution in [3.63, 3.8) is 0 Å². The Morgan fingerprint density at radius 2 is 1.92 bits per heavy atom. The van der Waals surface area contributed by atoms with Crippen molar-refractivity contribution < 1.29 is 22.8 Å². The van der Waals surface area contributed by atoms with E-state index in [2.05, 4.69) is 15.6 Å². The number of pyridine rings is 1. The van der Waals surface area contributed by atoms with Crippen LogP contribution < -0.4 is 10.6 Å². The fourth-order valence-electron chi connectivity index (χ4n) is 2.28. The first-order chi connectivity index (χ1) is 11.6. The molecular formula is C15H16ClF3N4O2. The number of imidazole rings is 1. The highest BCUT2D eigenvalue weighted by Gasteiger charge is 2.32. The van der Waals surface area contributed by atoms with E-state index in [1.165, 1.54) is 13.8 Å². The Morgan fingerprint density at radius 3 is 2.52 bits per heavy atom. The van der Waals surface area contributed by atoms with E-state index >= 15 is 0 Å². The van der Waals surface area contributed by atoms with Crippen LogP contribution in [0.4, 0.5) is 13.2 Å². The van der Waals surface area contributed by atoms with Gasteiger partial charge in [-0.3, -0.25) is 14.0 Å². The minimum absolute atomic E-state index is 0.0115. The number of fused-ring (bicyclic) bond motifs is 1. The van der Waals surface area contributed by atoms with Crippen molar-refractivity contribution in [3.8, 4) is 0 Å². The van der Waals surface area contributed by atoms with E-state index in [4.69, 9.17) is 11.6 Å². The number of halogens is 4. The summed E-state index contributed by atoms with van der Waals surface area (Å²) in [4.78, 5) is 27.1. The minimum atomic E-state index is -4.60. The summed E-state index contributed by atoms with van der Waals surface area (Å²) < 4.78 is 39.9. The van der Waals surface area contributed by atoms with Crippen molar-refractivity contribution >= 4 is 29.1 Å². The van der Waals surface area contributed by atoms with Gasteiger partial charge in [-0.25, -0.2) is 4.98 Å². The number of aromatic nitrogens is 2. The third-order valence-corrected chi connectivity index (χ3v) is 3.68. The Hall–Kier alpha value is -2.29. The number of alkyl halides is 3. The number of hydrogen-bond donors (Lipinski definition) is 2. The van der Waals surface area contributed by atoms with Crippen molar-refractivity contribution in [2.45, 2.75) is 26.4 Å². The average molecular weight is 377 g/mol. The molecule has 2 aromatic rings. The largest absolute Gasteiger partial charge is 0.417 e. The zero-order valence-corrected chi connectivity index (χ0v) is 14.3. The van der Waals surface area contributed by atoms with Gasteiger partial charge >= 0.3 is 6.18 Å². The van der Waals surface area contributed by atoms with Crippen LogP contribution in [0.5, 0.6) is 0 Å². The summed E-state index contributed by atoms with van der Waals surface area (Å²) in [7, 11) is 0. The molecule has 0 aliphatic carbocycles. The maximum atomic E-state index is 13.0. The van der Waals surface area contributed by atoms with E-state index in [0.29, 0.717) is 13.0 Å². The number of hydrogen-bond acceptors (Lipinski definition) is 3. The Morgan fingerprint density at radius 1 is 1.28 bits per heavy atom. The third kappa shape index (κ3) is 4.41. The van der Waals surface area contributed by atoms with Crippen molar-refractivity contribution in [3.05, 3.63) is 34.2 Å². The van der Waals surface area contributed by atoms with Gasteiger partial charge in [0.1, 0.15) is 5.69 Å². The molecule has 2 heterocycles. The van der Waals surface area contributed by atoms with Gasteiger partial charge in [-0.2, -0.15) is 13.2 Å². The van der Waals surface area contributed by atoms with E-state index in [1.807, 2.05) is 0 Å². The highest BCUT2D eigenvalue weighted by Crippen LogP contribution is 2.33. The van der Waals surface area contributed by atoms with Crippen LogP contribution in [0.2, 0.25) is 5.02 Å². The van der Waals surface area contributed by atoms with Gasteiger partial charge in [0.25, 0.3) is 5.91 Å². The zero-order chi connectivity index (χ0) is 18.8. The predicted molar refractivity (Wildman–Crippen MR) is 85.6 cm³/mol. The molecule has 0 atom stereocenters. The summed E-state index contributed by atoms with van der Waals surface area (Å²) >= 11 is 5.88. The fourth-order valence-corrected chi connectivity index (χ4v) is 2.54. The van der Waals surface area contributed by atoms with E-state index in [-0.39, 0.29) is 34.5 Å². The molecule has 2 N–H and O–H groups in total. The lowest BCUT2D eigenvalue weighted by atomic mass is 10.2. The summed E-state index contributed by atoms with van der Waals surface area (Å²) in [5, 5.41) is 4.98. The number of amides is 2. The molecule has 0 radical (unpaired) electrons. The van der Waals surface area contributed by atoms with Crippen molar-refractivity contribution in [1.29, 1.82) is 0 Å². The Labute approximate surface area is 146 Å². The zero-order valence-electron chi connectivity index (χ0n) is 13.5. The van der Waals surface area contributed by atoms with Crippen molar-refractivity contribution in [2.75, 3.05) is 13.1 Å². The van der Waals surface area contributed by atoms with Gasteiger partial charge in [-0.15, -0.1) is 0 Å². The number of carbonyl (C=O) groups excluding carboxylic acids is 2. The molecular weight excluding hydrogens is 361 g/mol. The lowest BCUT2D eigenvalue weighted by Gasteiger charge is -2.10. The second-order valence-corrected chi connectivity index (χ2v) is 5.81. The first-order valence-electron chi connectivity index (χ1n) is 7.39. The fraction of sp³-hybridized carbons (Fsp3) is 0.400. The second kappa shape index (κ2) is 7.30. The number of nitrogens with one attached hydrogen (secondary N) is 2. The Kier molecular flexibility index (Phi) is 5.56. The van der Waals surface area contributed by atoms with Gasteiger partial charge in [0.15, 0.2) is 5.65 Å². The van der Waals surface area contributed by atoms with Crippen molar-refractivity contribution in [1.82, 2.24) is 20.0 Å². The van der Waals surface area contributed by atoms with Crippen LogP contribution in [0.15, 0.2) is 12.3 Å². The van der Waals surface area contributed by atoms with Crippen molar-refractivity contribution in [2.24, 2.45) is 0 Å². The smallest absolute Gasteiger partial charge is 0.356 e. The molecule has 0 unspecified atom stereocenters. The first-order valence-corrected chi connectivity index (χ1v) is 7.77. The van der Waals surface area contributed by atoms with Gasteiger partial charge in [0.05, 0.1) is 16.3 Å². The molecule has 2 aromatic heterocycles. The highest BCUT2D eigenvalue weighted by atomic mass is 35.5. The summed E-state index contributed by atoms with van der Waals surface area (Å²) in [6.07, 6.45) is -3.31. The van der Waals surface area contributed by atoms with Crippen LogP contribution in [0.3, 0.4) is 0 Å². The maximum Gasteiger partial charge on any atom is 0.417 e. The molecule has 0 aromatic carbocycles. The summed E-state index contributed by atoms with van der Waals surface area (Å²) in [5.41, 5.74) is -0.638. The van der Waals surface area contributed by atoms with Gasteiger partial charge in [0.2, 0.25) is 5.91 Å². The van der Waals surface area contributed by atoms with E-state index in [9.17, 15) is 22.8 Å². The van der Waals surface area contributed by atoms with E-state index in [0.717, 1.165) is 16.7 Å². The monoisotopic (exact) mass is 376 g/mol. The Bertz CT molecular complexity index is 817. The number of carbonyl (C=O) groups is 2. The lowest BCUT2D eigenvalue weighted by Crippen LogP contribution is -2.30. The number of rotatable bonds is 5. The first kappa shape index (κ1) is 19.0. The predicted octanol–water partition coefficient (Wildman–Crippen LogP) is 2.57. The molecule has 0 saturated carbocycles. The lowest BCUT2D eigenvalue weighted by molar-refractivity contribution is -0.137. The molecule has 0 saturated heterocycles. The average Bonchev–Trinajstić information content (AvgIpc) is 2.82. The SMILES string of the molecule is CC(=O)NCCCNC(=O)c1c(C)nc2c(Cl)cc(C(F)(F)F)cn12. The molecule has 0 aliphatic rings. The standard InChI is InChI=1S/C15H16ClF3N4O2/c1-8-12(14(25)21-5-3-4-20-9(2)24)23-7-10(15(17,18)19)6-11(16)13(23)22-8/h6-7H,3-5H2,1-2H3,(H,20,24)(H,21,25). The van der Waals surface area contributed by atoms with Gasteiger partial charge in [0, 0.05) is 26.2 Å². The molecule has 0 fully saturated rings. The molecule has 2 rings (SSSR count). The normalized spacial score (nSPS) is 11.6. The van der Waals surface area contributed by atoms with Gasteiger partial charge < -0.3 is 10.6 Å². The Balaban J connectivity index is 2.25. The van der Waals surface area contributed by atoms with Crippen LogP contribution in [0.25, 0.3) is 5.65 Å². The van der Waals surface area contributed by atoms with Crippen LogP contribution >= 0.6 is 11.6 Å². The molecule has 136 valence electrons. The van der Waals surface area contributed by atoms with Crippen LogP contribution in [0, 0.1) is 6.92 Å². The van der Waals surface area contributed by atoms with E-state index in [1.54, 1.807) is 0 Å². The maximum absolute atomic E-state index is 13.0. The summed E-state index contributed by atoms with van der Waals surface area (Å²) in [6, 6.07) is 0.776. The molecule has 0 aliphatic heterocycles. The third-order valence-electron chi connectivity index (χ3n) is 3.40. The van der Waals surface area contributed by atoms with Gasteiger partial charge in [-0.05, 0) is 19.4 Å². The quantitative estimate of drug-likeness (QED) is 0.787. The van der Waals surface area contributed by atoms with Crippen LogP contribution in [0.1, 0.15) is 35.1 Å². The highest BCUT2D eigenvalue weighted by molar-refractivity contribution is 6.33. The summed E-state index contributed by atoms with van der Waals surface area (Å²) in [5.74, 6) is -0.749. The molecule has 10 heteroatoms. The van der Waals surface area contributed by atoms with Crippen LogP contribution in [-0.4, -0.2) is 34.3 Å². The molecule has 0 spiro atoms. The summed E-state index contributed by atoms with van der Waals surface area (Å²) in [6.45, 7) is 3.52. The molecule has 2 amide bonds. The molecule has 6 nitrogen and oxygen atoms in total. The topological polar surface area (TPSA) is 75.5 Å². The minimum Gasteiger partial charge on any atom is -0.356 e. The second-order valence-electron chi connectivity index (χ2n) is 5.41. The molecule has 25 heavy (non-hydrogen) atoms. The molecule has 0 bridgehead atoms. The number of aryl methyl sites for hydroxylation is 1. The number of nitrogens with zero attached hydrogens (tertiary/aromatic N) is 2. The van der Waals surface area contributed by atoms with Gasteiger partial charge in [-0.1, -0.05) is 11.6 Å².